The highest BCUT2D eigenvalue weighted by molar-refractivity contribution is 6.30. The molecule has 0 radical (unpaired) electrons. The molecule has 4 heteroatoms. The first-order valence-corrected chi connectivity index (χ1v) is 6.38. The Morgan fingerprint density at radius 2 is 1.95 bits per heavy atom. The van der Waals surface area contributed by atoms with Gasteiger partial charge in [0.2, 0.25) is 0 Å². The number of ether oxygens (including phenoxy) is 1. The van der Waals surface area contributed by atoms with Crippen molar-refractivity contribution in [1.29, 1.82) is 0 Å². The van der Waals surface area contributed by atoms with Crippen molar-refractivity contribution in [3.05, 3.63) is 51.7 Å². The lowest BCUT2D eigenvalue weighted by molar-refractivity contribution is -0.138. The third kappa shape index (κ3) is 4.56. The fraction of sp³-hybridized carbons (Fsp3) is 0.333. The summed E-state index contributed by atoms with van der Waals surface area (Å²) in [4.78, 5) is 11.4. The third-order valence-corrected chi connectivity index (χ3v) is 2.81. The number of aliphatic hydroxyl groups is 1. The molecule has 0 aliphatic carbocycles. The molecule has 0 heterocycles. The lowest BCUT2D eigenvalue weighted by Gasteiger charge is -2.10. The van der Waals surface area contributed by atoms with E-state index in [4.69, 9.17) is 16.3 Å². The second-order valence-corrected chi connectivity index (χ2v) is 4.54. The van der Waals surface area contributed by atoms with Gasteiger partial charge < -0.3 is 9.84 Å². The lowest BCUT2D eigenvalue weighted by atomic mass is 10.0. The molecule has 0 aliphatic heterocycles. The zero-order valence-corrected chi connectivity index (χ0v) is 12.0. The van der Waals surface area contributed by atoms with E-state index in [-0.39, 0.29) is 0 Å². The molecule has 3 nitrogen and oxygen atoms in total. The summed E-state index contributed by atoms with van der Waals surface area (Å²) in [5.41, 5.74) is 4.44. The highest BCUT2D eigenvalue weighted by Gasteiger charge is 2.10. The molecule has 1 aromatic carbocycles. The van der Waals surface area contributed by atoms with E-state index in [9.17, 15) is 9.90 Å². The van der Waals surface area contributed by atoms with E-state index in [0.717, 1.165) is 0 Å². The van der Waals surface area contributed by atoms with Crippen molar-refractivity contribution >= 4 is 17.6 Å². The van der Waals surface area contributed by atoms with Crippen molar-refractivity contribution in [1.82, 2.24) is 0 Å². The summed E-state index contributed by atoms with van der Waals surface area (Å²) in [6.45, 7) is 5.37. The second-order valence-electron chi connectivity index (χ2n) is 4.11. The first kappa shape index (κ1) is 15.5. The van der Waals surface area contributed by atoms with E-state index in [0.29, 0.717) is 28.3 Å². The van der Waals surface area contributed by atoms with Crippen LogP contribution in [0.2, 0.25) is 5.02 Å². The van der Waals surface area contributed by atoms with Crippen LogP contribution in [0.3, 0.4) is 0 Å². The number of aliphatic hydroxyl groups excluding tert-OH is 1. The van der Waals surface area contributed by atoms with E-state index in [1.807, 2.05) is 0 Å². The Morgan fingerprint density at radius 3 is 2.47 bits per heavy atom. The number of benzene rings is 1. The molecule has 1 rings (SSSR count). The summed E-state index contributed by atoms with van der Waals surface area (Å²) in [5, 5.41) is 10.7. The van der Waals surface area contributed by atoms with Gasteiger partial charge in [-0.15, -0.1) is 5.73 Å². The van der Waals surface area contributed by atoms with Crippen LogP contribution in [0.25, 0.3) is 0 Å². The summed E-state index contributed by atoms with van der Waals surface area (Å²) >= 11 is 5.79. The van der Waals surface area contributed by atoms with Crippen LogP contribution >= 0.6 is 11.6 Å². The summed E-state index contributed by atoms with van der Waals surface area (Å²) in [6.07, 6.45) is -0.818. The van der Waals surface area contributed by atoms with Crippen LogP contribution in [0.15, 0.2) is 41.1 Å². The standard InChI is InChI=1S/C15H17ClO3/c1-4-19-15(18)11(3)9-10(2)14(17)12-5-7-13(16)8-6-12/h5-8,14,17H,4H2,1-3H3. The van der Waals surface area contributed by atoms with Gasteiger partial charge in [-0.3, -0.25) is 0 Å². The van der Waals surface area contributed by atoms with Gasteiger partial charge in [0.25, 0.3) is 0 Å². The normalized spacial score (nSPS) is 11.4. The molecule has 0 saturated carbocycles. The van der Waals surface area contributed by atoms with E-state index in [1.165, 1.54) is 0 Å². The zero-order valence-electron chi connectivity index (χ0n) is 11.2. The Kier molecular flexibility index (Phi) is 5.84. The molecule has 0 saturated heterocycles. The summed E-state index contributed by atoms with van der Waals surface area (Å²) in [7, 11) is 0. The smallest absolute Gasteiger partial charge is 0.341 e. The maximum atomic E-state index is 11.4. The SMILES string of the molecule is CCOC(=O)C(C)=C=C(C)C(O)c1ccc(Cl)cc1. The fourth-order valence-corrected chi connectivity index (χ4v) is 1.68. The van der Waals surface area contributed by atoms with Crippen molar-refractivity contribution in [2.75, 3.05) is 6.61 Å². The van der Waals surface area contributed by atoms with E-state index in [1.54, 1.807) is 45.0 Å². The predicted molar refractivity (Wildman–Crippen MR) is 74.9 cm³/mol. The highest BCUT2D eigenvalue weighted by Crippen LogP contribution is 2.22. The van der Waals surface area contributed by atoms with Crippen LogP contribution < -0.4 is 0 Å². The number of hydrogen-bond donors (Lipinski definition) is 1. The Balaban J connectivity index is 2.98. The van der Waals surface area contributed by atoms with Gasteiger partial charge in [0.05, 0.1) is 12.2 Å². The topological polar surface area (TPSA) is 46.5 Å². The maximum Gasteiger partial charge on any atom is 0.341 e. The third-order valence-electron chi connectivity index (χ3n) is 2.56. The minimum absolute atomic E-state index is 0.316. The molecule has 1 unspecified atom stereocenters. The quantitative estimate of drug-likeness (QED) is 0.522. The molecule has 1 aromatic rings. The predicted octanol–water partition coefficient (Wildman–Crippen LogP) is 3.43. The van der Waals surface area contributed by atoms with Gasteiger partial charge in [0, 0.05) is 10.6 Å². The van der Waals surface area contributed by atoms with Crippen LogP contribution in [0.4, 0.5) is 0 Å². The molecule has 0 amide bonds. The Bertz CT molecular complexity index is 511. The number of esters is 1. The monoisotopic (exact) mass is 280 g/mol. The van der Waals surface area contributed by atoms with Crippen LogP contribution in [-0.2, 0) is 9.53 Å². The van der Waals surface area contributed by atoms with E-state index >= 15 is 0 Å². The Morgan fingerprint density at radius 1 is 1.37 bits per heavy atom. The Hall–Kier alpha value is -1.54. The number of hydrogen-bond acceptors (Lipinski definition) is 3. The minimum Gasteiger partial charge on any atom is -0.462 e. The van der Waals surface area contributed by atoms with Gasteiger partial charge in [-0.25, -0.2) is 4.79 Å². The maximum absolute atomic E-state index is 11.4. The van der Waals surface area contributed by atoms with Crippen molar-refractivity contribution in [3.63, 3.8) is 0 Å². The molecule has 102 valence electrons. The van der Waals surface area contributed by atoms with Crippen molar-refractivity contribution in [2.45, 2.75) is 26.9 Å². The molecule has 0 spiro atoms. The number of carbonyl (C=O) groups excluding carboxylic acids is 1. The minimum atomic E-state index is -0.818. The molecule has 1 N–H and O–H groups in total. The first-order valence-electron chi connectivity index (χ1n) is 6.00. The molecule has 0 fully saturated rings. The molecular weight excluding hydrogens is 264 g/mol. The van der Waals surface area contributed by atoms with Crippen LogP contribution in [0.5, 0.6) is 0 Å². The van der Waals surface area contributed by atoms with Crippen LogP contribution in [0.1, 0.15) is 32.4 Å². The van der Waals surface area contributed by atoms with Gasteiger partial charge in [-0.1, -0.05) is 23.7 Å². The van der Waals surface area contributed by atoms with Crippen LogP contribution in [0, 0.1) is 0 Å². The molecule has 0 aliphatic rings. The van der Waals surface area contributed by atoms with Crippen LogP contribution in [-0.4, -0.2) is 17.7 Å². The molecule has 1 atom stereocenters. The van der Waals surface area contributed by atoms with E-state index in [2.05, 4.69) is 5.73 Å². The Labute approximate surface area is 118 Å². The summed E-state index contributed by atoms with van der Waals surface area (Å²) in [6, 6.07) is 6.88. The highest BCUT2D eigenvalue weighted by atomic mass is 35.5. The van der Waals surface area contributed by atoms with E-state index < -0.39 is 12.1 Å². The van der Waals surface area contributed by atoms with Gasteiger partial charge in [0.1, 0.15) is 6.10 Å². The van der Waals surface area contributed by atoms with Crippen molar-refractivity contribution in [3.8, 4) is 0 Å². The summed E-state index contributed by atoms with van der Waals surface area (Å²) in [5.74, 6) is -0.426. The van der Waals surface area contributed by atoms with Crippen molar-refractivity contribution < 1.29 is 14.6 Å². The molecule has 0 aromatic heterocycles. The van der Waals surface area contributed by atoms with Gasteiger partial charge in [-0.05, 0) is 38.5 Å². The fourth-order valence-electron chi connectivity index (χ4n) is 1.55. The second kappa shape index (κ2) is 7.15. The summed E-state index contributed by atoms with van der Waals surface area (Å²) < 4.78 is 4.85. The number of carbonyl (C=O) groups is 1. The average molecular weight is 281 g/mol. The average Bonchev–Trinajstić information content (AvgIpc) is 2.38. The first-order chi connectivity index (χ1) is 8.95. The zero-order chi connectivity index (χ0) is 14.4. The van der Waals surface area contributed by atoms with Gasteiger partial charge in [0.15, 0.2) is 0 Å². The van der Waals surface area contributed by atoms with Crippen molar-refractivity contribution in [2.24, 2.45) is 0 Å². The molecule has 0 bridgehead atoms. The number of rotatable bonds is 4. The molecule has 19 heavy (non-hydrogen) atoms. The lowest BCUT2D eigenvalue weighted by Crippen LogP contribution is -2.05. The van der Waals surface area contributed by atoms with Gasteiger partial charge in [-0.2, -0.15) is 0 Å². The largest absolute Gasteiger partial charge is 0.462 e. The number of halogens is 1. The molecular formula is C15H17ClO3. The van der Waals surface area contributed by atoms with Gasteiger partial charge >= 0.3 is 5.97 Å².